The highest BCUT2D eigenvalue weighted by Gasteiger charge is 2.13. The third kappa shape index (κ3) is 3.36. The molecule has 4 nitrogen and oxygen atoms in total. The maximum Gasteiger partial charge on any atom is 0.150 e. The smallest absolute Gasteiger partial charge is 0.150 e. The Morgan fingerprint density at radius 3 is 3.00 bits per heavy atom. The summed E-state index contributed by atoms with van der Waals surface area (Å²) < 4.78 is 27.6. The average molecular weight is 255 g/mol. The number of aryl methyl sites for hydroxylation is 1. The van der Waals surface area contributed by atoms with Gasteiger partial charge in [0.05, 0.1) is 11.4 Å². The minimum Gasteiger partial charge on any atom is -0.490 e. The van der Waals surface area contributed by atoms with Crippen molar-refractivity contribution in [3.8, 4) is 5.75 Å². The van der Waals surface area contributed by atoms with Gasteiger partial charge in [0.15, 0.2) is 9.84 Å². The molecule has 1 aromatic rings. The van der Waals surface area contributed by atoms with Crippen LogP contribution in [-0.2, 0) is 16.3 Å². The summed E-state index contributed by atoms with van der Waals surface area (Å²) in [6.07, 6.45) is 3.39. The second-order valence-electron chi connectivity index (χ2n) is 4.30. The minimum absolute atomic E-state index is 0.0522. The molecule has 0 atom stereocenters. The van der Waals surface area contributed by atoms with Crippen molar-refractivity contribution >= 4 is 15.5 Å². The minimum atomic E-state index is -2.96. The van der Waals surface area contributed by atoms with Crippen LogP contribution in [0.4, 0.5) is 5.69 Å². The van der Waals surface area contributed by atoms with Crippen LogP contribution < -0.4 is 10.1 Å². The predicted molar refractivity (Wildman–Crippen MR) is 68.5 cm³/mol. The molecule has 1 N–H and O–H groups in total. The fraction of sp³-hybridized carbons (Fsp3) is 0.500. The van der Waals surface area contributed by atoms with Gasteiger partial charge in [0.25, 0.3) is 0 Å². The molecule has 1 aliphatic heterocycles. The summed E-state index contributed by atoms with van der Waals surface area (Å²) in [5.74, 6) is 0.808. The third-order valence-electron chi connectivity index (χ3n) is 2.75. The van der Waals surface area contributed by atoms with Crippen LogP contribution in [0.1, 0.15) is 12.0 Å². The lowest BCUT2D eigenvalue weighted by Gasteiger charge is -2.21. The van der Waals surface area contributed by atoms with Gasteiger partial charge >= 0.3 is 0 Å². The topological polar surface area (TPSA) is 55.4 Å². The van der Waals surface area contributed by atoms with Crippen LogP contribution in [0.25, 0.3) is 0 Å². The largest absolute Gasteiger partial charge is 0.490 e. The molecule has 1 aliphatic rings. The van der Waals surface area contributed by atoms with Crippen LogP contribution in [0.3, 0.4) is 0 Å². The molecular weight excluding hydrogens is 238 g/mol. The van der Waals surface area contributed by atoms with Gasteiger partial charge in [0, 0.05) is 12.8 Å². The van der Waals surface area contributed by atoms with Crippen molar-refractivity contribution in [3.63, 3.8) is 0 Å². The molecule has 2 rings (SSSR count). The van der Waals surface area contributed by atoms with Crippen LogP contribution in [0.15, 0.2) is 18.2 Å². The lowest BCUT2D eigenvalue weighted by molar-refractivity contribution is 0.342. The molecule has 0 unspecified atom stereocenters. The number of ether oxygens (including phenoxy) is 1. The molecule has 0 radical (unpaired) electrons. The van der Waals surface area contributed by atoms with Gasteiger partial charge in [-0.3, -0.25) is 0 Å². The van der Waals surface area contributed by atoms with Crippen molar-refractivity contribution in [2.45, 2.75) is 12.8 Å². The van der Waals surface area contributed by atoms with Gasteiger partial charge in [-0.25, -0.2) is 8.42 Å². The van der Waals surface area contributed by atoms with Gasteiger partial charge in [-0.2, -0.15) is 0 Å². The summed E-state index contributed by atoms with van der Waals surface area (Å²) in [5, 5.41) is 3.30. The number of nitrogens with one attached hydrogen (secondary N) is 1. The van der Waals surface area contributed by atoms with E-state index in [4.69, 9.17) is 4.74 Å². The summed E-state index contributed by atoms with van der Waals surface area (Å²) in [4.78, 5) is 0. The quantitative estimate of drug-likeness (QED) is 0.885. The predicted octanol–water partition coefficient (Wildman–Crippen LogP) is 1.47. The first-order chi connectivity index (χ1) is 8.06. The van der Waals surface area contributed by atoms with Crippen molar-refractivity contribution in [2.75, 3.05) is 30.5 Å². The van der Waals surface area contributed by atoms with Crippen LogP contribution in [0, 0.1) is 0 Å². The number of hydrogen-bond donors (Lipinski definition) is 1. The molecule has 0 aliphatic carbocycles. The molecule has 0 fully saturated rings. The van der Waals surface area contributed by atoms with Crippen molar-refractivity contribution in [3.05, 3.63) is 23.8 Å². The van der Waals surface area contributed by atoms with E-state index in [1.165, 1.54) is 11.8 Å². The lowest BCUT2D eigenvalue weighted by Crippen LogP contribution is -2.16. The van der Waals surface area contributed by atoms with Gasteiger partial charge in [0.2, 0.25) is 0 Å². The zero-order chi connectivity index (χ0) is 12.3. The maximum absolute atomic E-state index is 11.0. The van der Waals surface area contributed by atoms with E-state index in [9.17, 15) is 8.42 Å². The van der Waals surface area contributed by atoms with Gasteiger partial charge in [0.1, 0.15) is 12.4 Å². The summed E-state index contributed by atoms with van der Waals surface area (Å²) in [6.45, 7) is 1.15. The molecule has 0 spiro atoms. The van der Waals surface area contributed by atoms with E-state index in [1.54, 1.807) is 0 Å². The molecule has 0 bridgehead atoms. The number of sulfone groups is 1. The Balaban J connectivity index is 2.06. The number of rotatable bonds is 4. The molecule has 94 valence electrons. The molecule has 1 heterocycles. The van der Waals surface area contributed by atoms with E-state index in [1.807, 2.05) is 12.1 Å². The first-order valence-electron chi connectivity index (χ1n) is 5.72. The molecule has 5 heteroatoms. The van der Waals surface area contributed by atoms with Gasteiger partial charge in [-0.15, -0.1) is 0 Å². The Morgan fingerprint density at radius 2 is 2.24 bits per heavy atom. The van der Waals surface area contributed by atoms with Crippen molar-refractivity contribution < 1.29 is 13.2 Å². The zero-order valence-electron chi connectivity index (χ0n) is 9.90. The Labute approximate surface area is 102 Å². The van der Waals surface area contributed by atoms with Crippen LogP contribution in [0.5, 0.6) is 5.75 Å². The number of anilines is 1. The normalized spacial score (nSPS) is 14.9. The average Bonchev–Trinajstić information content (AvgIpc) is 2.28. The number of para-hydroxylation sites is 1. The fourth-order valence-corrected chi connectivity index (χ4v) is 2.29. The summed E-state index contributed by atoms with van der Waals surface area (Å²) in [7, 11) is -2.96. The lowest BCUT2D eigenvalue weighted by atomic mass is 10.0. The van der Waals surface area contributed by atoms with Crippen LogP contribution >= 0.6 is 0 Å². The van der Waals surface area contributed by atoms with Gasteiger partial charge in [-0.1, -0.05) is 12.1 Å². The Bertz CT molecular complexity index is 496. The van der Waals surface area contributed by atoms with E-state index in [0.717, 1.165) is 30.8 Å². The summed E-state index contributed by atoms with van der Waals surface area (Å²) in [5.41, 5.74) is 2.26. The van der Waals surface area contributed by atoms with Crippen molar-refractivity contribution in [2.24, 2.45) is 0 Å². The summed E-state index contributed by atoms with van der Waals surface area (Å²) >= 11 is 0. The van der Waals surface area contributed by atoms with E-state index >= 15 is 0 Å². The molecule has 0 saturated heterocycles. The number of benzene rings is 1. The molecule has 1 aromatic carbocycles. The highest BCUT2D eigenvalue weighted by atomic mass is 32.2. The van der Waals surface area contributed by atoms with Crippen LogP contribution in [0.2, 0.25) is 0 Å². The molecule has 0 saturated carbocycles. The highest BCUT2D eigenvalue weighted by Crippen LogP contribution is 2.31. The standard InChI is InChI=1S/C12H17NO3S/c1-17(14,15)9-8-16-11-6-2-4-10-5-3-7-13-12(10)11/h2,4,6,13H,3,5,7-9H2,1H3. The molecular formula is C12H17NO3S. The Kier molecular flexibility index (Phi) is 3.57. The van der Waals surface area contributed by atoms with E-state index < -0.39 is 9.84 Å². The number of hydrogen-bond acceptors (Lipinski definition) is 4. The van der Waals surface area contributed by atoms with E-state index in [0.29, 0.717) is 0 Å². The molecule has 0 aromatic heterocycles. The third-order valence-corrected chi connectivity index (χ3v) is 3.66. The zero-order valence-corrected chi connectivity index (χ0v) is 10.7. The first-order valence-corrected chi connectivity index (χ1v) is 7.78. The van der Waals surface area contributed by atoms with Gasteiger partial charge < -0.3 is 10.1 Å². The second-order valence-corrected chi connectivity index (χ2v) is 6.56. The van der Waals surface area contributed by atoms with Crippen molar-refractivity contribution in [1.29, 1.82) is 0 Å². The maximum atomic E-state index is 11.0. The Hall–Kier alpha value is -1.23. The first kappa shape index (κ1) is 12.2. The van der Waals surface area contributed by atoms with Gasteiger partial charge in [-0.05, 0) is 24.5 Å². The fourth-order valence-electron chi connectivity index (χ4n) is 1.90. The van der Waals surface area contributed by atoms with Crippen molar-refractivity contribution in [1.82, 2.24) is 0 Å². The SMILES string of the molecule is CS(=O)(=O)CCOc1cccc2c1NCCC2. The summed E-state index contributed by atoms with van der Waals surface area (Å²) in [6, 6.07) is 5.89. The van der Waals surface area contributed by atoms with E-state index in [2.05, 4.69) is 11.4 Å². The monoisotopic (exact) mass is 255 g/mol. The van der Waals surface area contributed by atoms with E-state index in [-0.39, 0.29) is 12.4 Å². The highest BCUT2D eigenvalue weighted by molar-refractivity contribution is 7.90. The molecule has 17 heavy (non-hydrogen) atoms. The Morgan fingerprint density at radius 1 is 1.41 bits per heavy atom. The van der Waals surface area contributed by atoms with Crippen LogP contribution in [-0.4, -0.2) is 33.6 Å². The molecule has 0 amide bonds. The number of fused-ring (bicyclic) bond motifs is 1. The second kappa shape index (κ2) is 4.96.